The zero-order valence-corrected chi connectivity index (χ0v) is 37.8. The van der Waals surface area contributed by atoms with Crippen LogP contribution >= 0.6 is 11.8 Å². The van der Waals surface area contributed by atoms with Gasteiger partial charge in [-0.05, 0) is 137 Å². The van der Waals surface area contributed by atoms with E-state index in [1.165, 1.54) is 100 Å². The molecular weight excluding hydrogens is 793 g/mol. The summed E-state index contributed by atoms with van der Waals surface area (Å²) in [7, 11) is 0. The van der Waals surface area contributed by atoms with Crippen molar-refractivity contribution in [1.82, 2.24) is 0 Å². The molecule has 2 aliphatic heterocycles. The molecule has 2 nitrogen and oxygen atoms in total. The third kappa shape index (κ3) is 5.79. The van der Waals surface area contributed by atoms with Crippen LogP contribution in [0.1, 0.15) is 89.6 Å². The average molecular weight is 845 g/mol. The second-order valence-corrected chi connectivity index (χ2v) is 19.9. The Labute approximate surface area is 382 Å². The molecule has 1 atom stereocenters. The third-order valence-electron chi connectivity index (χ3n) is 14.8. The zero-order chi connectivity index (χ0) is 43.2. The van der Waals surface area contributed by atoms with Crippen LogP contribution in [0.15, 0.2) is 209 Å². The van der Waals surface area contributed by atoms with E-state index >= 15 is 0 Å². The smallest absolute Gasteiger partial charge is 0.0739 e. The van der Waals surface area contributed by atoms with Crippen molar-refractivity contribution in [2.45, 2.75) is 75.0 Å². The van der Waals surface area contributed by atoms with Gasteiger partial charge in [-0.15, -0.1) is 0 Å². The summed E-state index contributed by atoms with van der Waals surface area (Å²) in [6.07, 6.45) is 20.6. The first-order chi connectivity index (χ1) is 31.3. The van der Waals surface area contributed by atoms with Crippen LogP contribution in [0, 0.1) is 6.92 Å². The predicted octanol–water partition coefficient (Wildman–Crippen LogP) is 16.0. The summed E-state index contributed by atoms with van der Waals surface area (Å²) in [5, 5.41) is 3.90. The Morgan fingerprint density at radius 1 is 0.750 bits per heavy atom. The molecule has 2 heterocycles. The molecular formula is C61H52N2S. The highest BCUT2D eigenvalue weighted by Crippen LogP contribution is 2.64. The monoisotopic (exact) mass is 844 g/mol. The van der Waals surface area contributed by atoms with Gasteiger partial charge in [-0.2, -0.15) is 0 Å². The fourth-order valence-corrected chi connectivity index (χ4v) is 12.9. The van der Waals surface area contributed by atoms with Gasteiger partial charge in [0.1, 0.15) is 0 Å². The molecule has 1 unspecified atom stereocenters. The first-order valence-electron chi connectivity index (χ1n) is 23.1. The molecule has 0 radical (unpaired) electrons. The number of hydrogen-bond acceptors (Lipinski definition) is 3. The lowest BCUT2D eigenvalue weighted by molar-refractivity contribution is 0.607. The van der Waals surface area contributed by atoms with Crippen LogP contribution < -0.4 is 10.2 Å². The number of nitrogens with one attached hydrogen (secondary N) is 1. The Morgan fingerprint density at radius 3 is 2.38 bits per heavy atom. The Morgan fingerprint density at radius 2 is 1.53 bits per heavy atom. The van der Waals surface area contributed by atoms with Gasteiger partial charge in [-0.3, -0.25) is 0 Å². The van der Waals surface area contributed by atoms with Crippen LogP contribution in [-0.4, -0.2) is 0 Å². The summed E-state index contributed by atoms with van der Waals surface area (Å²) >= 11 is 1.83. The van der Waals surface area contributed by atoms with Crippen LogP contribution in [0.3, 0.4) is 0 Å². The van der Waals surface area contributed by atoms with E-state index in [2.05, 4.69) is 201 Å². The molecule has 0 amide bonds. The number of para-hydroxylation sites is 2. The highest BCUT2D eigenvalue weighted by Gasteiger charge is 2.50. The number of nitrogens with zero attached hydrogens (tertiary/aromatic N) is 1. The maximum Gasteiger partial charge on any atom is 0.0739 e. The van der Waals surface area contributed by atoms with Gasteiger partial charge >= 0.3 is 0 Å². The minimum absolute atomic E-state index is 0.0152. The van der Waals surface area contributed by atoms with Crippen LogP contribution in [0.25, 0.3) is 11.1 Å². The standard InChI is InChI=1S/C61H52N2S/c1-39-30-33-45(34-31-39)62-53-37-36-51-57(47-24-13-14-25-49(47)60(51,3)4)48(53)35-32-42-38-41-18-11-12-23-46(41)56(42)58-40(2)64-55-29-17-27-52-59(55)63(58)54-28-16-15-26-50(54)61(52,43-19-7-5-8-20-43)44-21-9-6-10-22-44/h5,7-9,11-13,15-24,26-34,36-37,62H,2,6,10,14,25,35,38H2,1,3-4H3/b42-32-,58-56-. The van der Waals surface area contributed by atoms with Crippen molar-refractivity contribution in [3.05, 3.63) is 254 Å². The van der Waals surface area contributed by atoms with Gasteiger partial charge in [-0.1, -0.05) is 183 Å². The van der Waals surface area contributed by atoms with Gasteiger partial charge in [0.25, 0.3) is 0 Å². The maximum absolute atomic E-state index is 4.94. The summed E-state index contributed by atoms with van der Waals surface area (Å²) in [6.45, 7) is 12.0. The predicted molar refractivity (Wildman–Crippen MR) is 271 cm³/mol. The Bertz CT molecular complexity index is 3150. The van der Waals surface area contributed by atoms with E-state index in [-0.39, 0.29) is 5.41 Å². The van der Waals surface area contributed by atoms with Crippen molar-refractivity contribution in [3.8, 4) is 0 Å². The second kappa shape index (κ2) is 15.0. The lowest BCUT2D eigenvalue weighted by Gasteiger charge is -2.50. The van der Waals surface area contributed by atoms with Gasteiger partial charge in [0.05, 0.1) is 22.5 Å². The number of allylic oxidation sites excluding steroid dienone is 11. The van der Waals surface area contributed by atoms with Crippen LogP contribution in [-0.2, 0) is 23.7 Å². The topological polar surface area (TPSA) is 15.3 Å². The first-order valence-corrected chi connectivity index (χ1v) is 23.9. The molecule has 0 spiro atoms. The Kier molecular flexibility index (Phi) is 9.18. The second-order valence-electron chi connectivity index (χ2n) is 18.7. The highest BCUT2D eigenvalue weighted by molar-refractivity contribution is 8.03. The molecule has 0 bridgehead atoms. The molecule has 0 fully saturated rings. The van der Waals surface area contributed by atoms with Crippen molar-refractivity contribution in [3.63, 3.8) is 0 Å². The van der Waals surface area contributed by atoms with E-state index in [1.807, 2.05) is 11.8 Å². The fourth-order valence-electron chi connectivity index (χ4n) is 11.9. The summed E-state index contributed by atoms with van der Waals surface area (Å²) < 4.78 is 0. The first kappa shape index (κ1) is 39.1. The lowest BCUT2D eigenvalue weighted by Crippen LogP contribution is -2.40. The maximum atomic E-state index is 4.94. The van der Waals surface area contributed by atoms with Crippen molar-refractivity contribution in [2.75, 3.05) is 10.2 Å². The van der Waals surface area contributed by atoms with Gasteiger partial charge < -0.3 is 10.2 Å². The number of thioether (sulfide) groups is 1. The van der Waals surface area contributed by atoms with Gasteiger partial charge in [-0.25, -0.2) is 0 Å². The van der Waals surface area contributed by atoms with Crippen molar-refractivity contribution >= 4 is 45.7 Å². The summed E-state index contributed by atoms with van der Waals surface area (Å²) in [4.78, 5) is 4.93. The average Bonchev–Trinajstić information content (AvgIpc) is 3.81. The number of rotatable bonds is 6. The van der Waals surface area contributed by atoms with E-state index in [1.54, 1.807) is 5.57 Å². The van der Waals surface area contributed by atoms with E-state index in [0.717, 1.165) is 49.1 Å². The molecule has 1 N–H and O–H groups in total. The number of hydrogen-bond donors (Lipinski definition) is 1. The minimum atomic E-state index is -0.485. The molecule has 6 aliphatic rings. The van der Waals surface area contributed by atoms with Crippen LogP contribution in [0.2, 0.25) is 0 Å². The third-order valence-corrected chi connectivity index (χ3v) is 15.8. The lowest BCUT2D eigenvalue weighted by atomic mass is 9.61. The molecule has 12 rings (SSSR count). The minimum Gasteiger partial charge on any atom is -0.355 e. The molecule has 4 aliphatic carbocycles. The van der Waals surface area contributed by atoms with Crippen molar-refractivity contribution < 1.29 is 0 Å². The molecule has 3 heteroatoms. The highest BCUT2D eigenvalue weighted by atomic mass is 32.2. The molecule has 0 saturated heterocycles. The number of anilines is 4. The molecule has 6 aromatic carbocycles. The molecule has 312 valence electrons. The number of aryl methyl sites for hydroxylation is 1. The van der Waals surface area contributed by atoms with Crippen LogP contribution in [0.4, 0.5) is 22.7 Å². The largest absolute Gasteiger partial charge is 0.355 e. The molecule has 0 saturated carbocycles. The van der Waals surface area contributed by atoms with Crippen molar-refractivity contribution in [1.29, 1.82) is 0 Å². The van der Waals surface area contributed by atoms with E-state index in [9.17, 15) is 0 Å². The van der Waals surface area contributed by atoms with Gasteiger partial charge in [0.15, 0.2) is 0 Å². The summed E-state index contributed by atoms with van der Waals surface area (Å²) in [5.41, 5.74) is 24.5. The fraction of sp³-hybridized carbons (Fsp3) is 0.180. The van der Waals surface area contributed by atoms with Crippen LogP contribution in [0.5, 0.6) is 0 Å². The Balaban J connectivity index is 1.08. The van der Waals surface area contributed by atoms with E-state index < -0.39 is 5.41 Å². The van der Waals surface area contributed by atoms with Gasteiger partial charge in [0, 0.05) is 32.2 Å². The molecule has 6 aromatic rings. The quantitative estimate of drug-likeness (QED) is 0.180. The SMILES string of the molecule is C=C1Sc2cccc3c2N(/C1=C1/C(=C\Cc2c(Nc4ccc(C)cc4)ccc4c2C2=C(CCC=C2)C4(C)C)Cc2ccccc21)c1ccccc1C3(C1=CCCC=C1)c1ccccc1. The molecule has 64 heavy (non-hydrogen) atoms. The number of fused-ring (bicyclic) bond motifs is 5. The van der Waals surface area contributed by atoms with E-state index in [4.69, 9.17) is 6.58 Å². The van der Waals surface area contributed by atoms with Gasteiger partial charge in [0.2, 0.25) is 0 Å². The zero-order valence-electron chi connectivity index (χ0n) is 37.0. The summed E-state index contributed by atoms with van der Waals surface area (Å²) in [6, 6.07) is 50.0. The normalized spacial score (nSPS) is 21.6. The number of benzene rings is 6. The van der Waals surface area contributed by atoms with E-state index in [0.29, 0.717) is 0 Å². The molecule has 0 aromatic heterocycles. The van der Waals surface area contributed by atoms with Crippen molar-refractivity contribution in [2.24, 2.45) is 0 Å². The Hall–Kier alpha value is -6.55. The summed E-state index contributed by atoms with van der Waals surface area (Å²) in [5.74, 6) is 0.